The molecular formula is C21H28N2O4S. The molecule has 2 rings (SSSR count). The molecule has 0 atom stereocenters. The third-order valence-corrected chi connectivity index (χ3v) is 6.35. The Morgan fingerprint density at radius 2 is 1.82 bits per heavy atom. The Morgan fingerprint density at radius 3 is 2.46 bits per heavy atom. The van der Waals surface area contributed by atoms with E-state index >= 15 is 0 Å². The standard InChI is InChI=1S/C21H28N2O4S/c1-4-23(19-10-7-6-8-11-19)28(25,26)20-16-18(13-12-17(20)3)21(24)22-14-9-15-27-5-2/h6-8,10-13,16H,4-5,9,14-15H2,1-3H3,(H,22,24). The van der Waals surface area contributed by atoms with E-state index in [2.05, 4.69) is 5.32 Å². The average Bonchev–Trinajstić information content (AvgIpc) is 2.69. The number of carbonyl (C=O) groups is 1. The van der Waals surface area contributed by atoms with E-state index in [4.69, 9.17) is 4.74 Å². The molecule has 0 aliphatic carbocycles. The fraction of sp³-hybridized carbons (Fsp3) is 0.381. The van der Waals surface area contributed by atoms with Gasteiger partial charge in [-0.1, -0.05) is 24.3 Å². The Bertz CT molecular complexity index is 883. The topological polar surface area (TPSA) is 75.7 Å². The lowest BCUT2D eigenvalue weighted by molar-refractivity contribution is 0.0944. The van der Waals surface area contributed by atoms with Crippen LogP contribution in [0.2, 0.25) is 0 Å². The Balaban J connectivity index is 2.25. The van der Waals surface area contributed by atoms with Gasteiger partial charge in [0.05, 0.1) is 10.6 Å². The molecule has 152 valence electrons. The molecule has 0 radical (unpaired) electrons. The zero-order chi connectivity index (χ0) is 20.6. The minimum atomic E-state index is -3.79. The number of para-hydroxylation sites is 1. The molecule has 2 aromatic carbocycles. The summed E-state index contributed by atoms with van der Waals surface area (Å²) in [6.45, 7) is 7.42. The summed E-state index contributed by atoms with van der Waals surface area (Å²) in [5, 5.41) is 2.80. The van der Waals surface area contributed by atoms with Crippen LogP contribution in [0.25, 0.3) is 0 Å². The molecule has 0 aliphatic heterocycles. The predicted octanol–water partition coefficient (Wildman–Crippen LogP) is 3.37. The Labute approximate surface area is 167 Å². The lowest BCUT2D eigenvalue weighted by Gasteiger charge is -2.24. The van der Waals surface area contributed by atoms with Gasteiger partial charge in [0.2, 0.25) is 0 Å². The van der Waals surface area contributed by atoms with Gasteiger partial charge in [0, 0.05) is 31.9 Å². The highest BCUT2D eigenvalue weighted by Crippen LogP contribution is 2.26. The van der Waals surface area contributed by atoms with Crippen molar-refractivity contribution in [3.8, 4) is 0 Å². The number of sulfonamides is 1. The maximum atomic E-state index is 13.3. The van der Waals surface area contributed by atoms with E-state index in [1.807, 2.05) is 13.0 Å². The first kappa shape index (κ1) is 21.9. The van der Waals surface area contributed by atoms with E-state index in [0.29, 0.717) is 49.5 Å². The van der Waals surface area contributed by atoms with Crippen molar-refractivity contribution in [3.63, 3.8) is 0 Å². The zero-order valence-corrected chi connectivity index (χ0v) is 17.5. The molecule has 0 aliphatic rings. The average molecular weight is 405 g/mol. The maximum Gasteiger partial charge on any atom is 0.264 e. The number of nitrogens with zero attached hydrogens (tertiary/aromatic N) is 1. The number of benzene rings is 2. The van der Waals surface area contributed by atoms with Crippen LogP contribution in [0.5, 0.6) is 0 Å². The third-order valence-electron chi connectivity index (χ3n) is 4.30. The summed E-state index contributed by atoms with van der Waals surface area (Å²) >= 11 is 0. The Kier molecular flexibility index (Phi) is 8.02. The molecular weight excluding hydrogens is 376 g/mol. The molecule has 0 aromatic heterocycles. The summed E-state index contributed by atoms with van der Waals surface area (Å²) in [5.74, 6) is -0.296. The van der Waals surface area contributed by atoms with Crippen LogP contribution in [0.1, 0.15) is 36.2 Å². The van der Waals surface area contributed by atoms with Gasteiger partial charge in [-0.25, -0.2) is 8.42 Å². The third kappa shape index (κ3) is 5.33. The first-order chi connectivity index (χ1) is 13.4. The molecule has 0 spiro atoms. The Morgan fingerprint density at radius 1 is 1.11 bits per heavy atom. The number of hydrogen-bond acceptors (Lipinski definition) is 4. The minimum absolute atomic E-state index is 0.139. The molecule has 0 heterocycles. The van der Waals surface area contributed by atoms with Crippen molar-refractivity contribution in [3.05, 3.63) is 59.7 Å². The number of anilines is 1. The number of carbonyl (C=O) groups excluding carboxylic acids is 1. The molecule has 0 saturated heterocycles. The van der Waals surface area contributed by atoms with Crippen LogP contribution in [0.4, 0.5) is 5.69 Å². The van der Waals surface area contributed by atoms with Gasteiger partial charge in [-0.15, -0.1) is 0 Å². The highest BCUT2D eigenvalue weighted by molar-refractivity contribution is 7.92. The normalized spacial score (nSPS) is 11.2. The van der Waals surface area contributed by atoms with Gasteiger partial charge in [-0.05, 0) is 57.0 Å². The first-order valence-corrected chi connectivity index (χ1v) is 10.9. The molecule has 0 unspecified atom stereocenters. The number of rotatable bonds is 10. The van der Waals surface area contributed by atoms with Gasteiger partial charge in [0.15, 0.2) is 0 Å². The summed E-state index contributed by atoms with van der Waals surface area (Å²) in [6, 6.07) is 13.7. The number of amides is 1. The molecule has 2 aromatic rings. The lowest BCUT2D eigenvalue weighted by Crippen LogP contribution is -2.32. The fourth-order valence-electron chi connectivity index (χ4n) is 2.85. The van der Waals surface area contributed by atoms with Gasteiger partial charge in [0.25, 0.3) is 15.9 Å². The van der Waals surface area contributed by atoms with Crippen LogP contribution in [-0.2, 0) is 14.8 Å². The number of nitrogens with one attached hydrogen (secondary N) is 1. The molecule has 1 amide bonds. The van der Waals surface area contributed by atoms with E-state index in [9.17, 15) is 13.2 Å². The minimum Gasteiger partial charge on any atom is -0.382 e. The van der Waals surface area contributed by atoms with E-state index in [0.717, 1.165) is 0 Å². The van der Waals surface area contributed by atoms with Crippen molar-refractivity contribution in [2.45, 2.75) is 32.1 Å². The zero-order valence-electron chi connectivity index (χ0n) is 16.6. The van der Waals surface area contributed by atoms with Gasteiger partial charge in [-0.2, -0.15) is 0 Å². The van der Waals surface area contributed by atoms with Crippen molar-refractivity contribution < 1.29 is 17.9 Å². The van der Waals surface area contributed by atoms with Crippen molar-refractivity contribution in [1.29, 1.82) is 0 Å². The van der Waals surface area contributed by atoms with Gasteiger partial charge in [-0.3, -0.25) is 9.10 Å². The highest BCUT2D eigenvalue weighted by atomic mass is 32.2. The smallest absolute Gasteiger partial charge is 0.264 e. The molecule has 6 nitrogen and oxygen atoms in total. The largest absolute Gasteiger partial charge is 0.382 e. The second-order valence-corrected chi connectivity index (χ2v) is 8.12. The van der Waals surface area contributed by atoms with E-state index in [1.54, 1.807) is 50.2 Å². The molecule has 7 heteroatoms. The van der Waals surface area contributed by atoms with E-state index in [1.165, 1.54) is 10.4 Å². The Hall–Kier alpha value is -2.38. The van der Waals surface area contributed by atoms with Crippen LogP contribution in [0.3, 0.4) is 0 Å². The monoisotopic (exact) mass is 404 g/mol. The van der Waals surface area contributed by atoms with Crippen molar-refractivity contribution in [1.82, 2.24) is 5.32 Å². The summed E-state index contributed by atoms with van der Waals surface area (Å²) in [7, 11) is -3.79. The van der Waals surface area contributed by atoms with Gasteiger partial charge >= 0.3 is 0 Å². The molecule has 0 saturated carbocycles. The van der Waals surface area contributed by atoms with Crippen LogP contribution in [0, 0.1) is 6.92 Å². The summed E-state index contributed by atoms with van der Waals surface area (Å²) in [5.41, 5.74) is 1.52. The van der Waals surface area contributed by atoms with E-state index < -0.39 is 10.0 Å². The SMILES string of the molecule is CCOCCCNC(=O)c1ccc(C)c(S(=O)(=O)N(CC)c2ccccc2)c1. The van der Waals surface area contributed by atoms with Crippen molar-refractivity contribution >= 4 is 21.6 Å². The van der Waals surface area contributed by atoms with Crippen LogP contribution in [-0.4, -0.2) is 40.6 Å². The van der Waals surface area contributed by atoms with Gasteiger partial charge < -0.3 is 10.1 Å². The first-order valence-electron chi connectivity index (χ1n) is 9.46. The number of hydrogen-bond donors (Lipinski definition) is 1. The predicted molar refractivity (Wildman–Crippen MR) is 111 cm³/mol. The van der Waals surface area contributed by atoms with Crippen LogP contribution in [0.15, 0.2) is 53.4 Å². The molecule has 1 N–H and O–H groups in total. The quantitative estimate of drug-likeness (QED) is 0.616. The van der Waals surface area contributed by atoms with Crippen LogP contribution >= 0.6 is 0 Å². The molecule has 0 bridgehead atoms. The van der Waals surface area contributed by atoms with Gasteiger partial charge in [0.1, 0.15) is 0 Å². The van der Waals surface area contributed by atoms with Crippen molar-refractivity contribution in [2.24, 2.45) is 0 Å². The molecule has 0 fully saturated rings. The van der Waals surface area contributed by atoms with Crippen molar-refractivity contribution in [2.75, 3.05) is 30.6 Å². The second kappa shape index (κ2) is 10.2. The summed E-state index contributed by atoms with van der Waals surface area (Å²) in [4.78, 5) is 12.6. The van der Waals surface area contributed by atoms with Crippen LogP contribution < -0.4 is 9.62 Å². The maximum absolute atomic E-state index is 13.3. The number of ether oxygens (including phenoxy) is 1. The van der Waals surface area contributed by atoms with E-state index in [-0.39, 0.29) is 10.8 Å². The highest BCUT2D eigenvalue weighted by Gasteiger charge is 2.26. The lowest BCUT2D eigenvalue weighted by atomic mass is 10.1. The summed E-state index contributed by atoms with van der Waals surface area (Å²) < 4.78 is 33.1. The summed E-state index contributed by atoms with van der Waals surface area (Å²) in [6.07, 6.45) is 0.703. The number of aryl methyl sites for hydroxylation is 1. The molecule has 28 heavy (non-hydrogen) atoms. The fourth-order valence-corrected chi connectivity index (χ4v) is 4.57. The second-order valence-electron chi connectivity index (χ2n) is 6.29.